The Morgan fingerprint density at radius 3 is 2.15 bits per heavy atom. The molecule has 2 N–H and O–H groups in total. The molecule has 2 atom stereocenters. The quantitative estimate of drug-likeness (QED) is 0.412. The maximum atomic E-state index is 5.48. The van der Waals surface area contributed by atoms with Crippen molar-refractivity contribution in [3.05, 3.63) is 102 Å². The summed E-state index contributed by atoms with van der Waals surface area (Å²) in [5.74, 6) is 2.18. The SMILES string of the molecule is COc1ccc(C(C2CC2)C(NCCc2ccccc2)C2(c3ccccc3)CCNCC2)cc1. The van der Waals surface area contributed by atoms with Gasteiger partial charge in [-0.3, -0.25) is 0 Å². The van der Waals surface area contributed by atoms with Crippen molar-refractivity contribution in [1.82, 2.24) is 10.6 Å². The van der Waals surface area contributed by atoms with Crippen LogP contribution < -0.4 is 15.4 Å². The van der Waals surface area contributed by atoms with Crippen molar-refractivity contribution < 1.29 is 4.74 Å². The van der Waals surface area contributed by atoms with Crippen LogP contribution in [-0.2, 0) is 11.8 Å². The van der Waals surface area contributed by atoms with E-state index in [1.807, 2.05) is 0 Å². The first kappa shape index (κ1) is 23.1. The minimum Gasteiger partial charge on any atom is -0.497 e. The van der Waals surface area contributed by atoms with E-state index in [9.17, 15) is 0 Å². The van der Waals surface area contributed by atoms with Gasteiger partial charge in [0.05, 0.1) is 7.11 Å². The maximum Gasteiger partial charge on any atom is 0.118 e. The van der Waals surface area contributed by atoms with Gasteiger partial charge in [0, 0.05) is 17.4 Å². The van der Waals surface area contributed by atoms with Crippen LogP contribution in [0.5, 0.6) is 5.75 Å². The monoisotopic (exact) mass is 454 g/mol. The molecular weight excluding hydrogens is 416 g/mol. The third-order valence-electron chi connectivity index (χ3n) is 8.05. The van der Waals surface area contributed by atoms with Gasteiger partial charge in [-0.15, -0.1) is 0 Å². The van der Waals surface area contributed by atoms with Gasteiger partial charge in [-0.1, -0.05) is 72.8 Å². The van der Waals surface area contributed by atoms with Gasteiger partial charge < -0.3 is 15.4 Å². The van der Waals surface area contributed by atoms with Gasteiger partial charge in [0.15, 0.2) is 0 Å². The molecule has 2 fully saturated rings. The molecule has 1 saturated heterocycles. The summed E-state index contributed by atoms with van der Waals surface area (Å²) in [4.78, 5) is 0. The van der Waals surface area contributed by atoms with E-state index in [4.69, 9.17) is 4.74 Å². The molecule has 2 aliphatic rings. The van der Waals surface area contributed by atoms with Crippen LogP contribution in [0.25, 0.3) is 0 Å². The topological polar surface area (TPSA) is 33.3 Å². The van der Waals surface area contributed by atoms with Crippen molar-refractivity contribution in [3.63, 3.8) is 0 Å². The second-order valence-electron chi connectivity index (χ2n) is 10.1. The summed E-state index contributed by atoms with van der Waals surface area (Å²) in [7, 11) is 1.75. The van der Waals surface area contributed by atoms with E-state index in [1.165, 1.54) is 42.4 Å². The number of hydrogen-bond acceptors (Lipinski definition) is 3. The predicted octanol–water partition coefficient (Wildman–Crippen LogP) is 5.71. The Hall–Kier alpha value is -2.62. The van der Waals surface area contributed by atoms with Gasteiger partial charge in [0.1, 0.15) is 5.75 Å². The van der Waals surface area contributed by atoms with E-state index in [-0.39, 0.29) is 5.41 Å². The van der Waals surface area contributed by atoms with Crippen LogP contribution in [-0.4, -0.2) is 32.8 Å². The van der Waals surface area contributed by atoms with E-state index in [0.29, 0.717) is 12.0 Å². The molecular formula is C31H38N2O. The van der Waals surface area contributed by atoms with Crippen LogP contribution in [0, 0.1) is 5.92 Å². The summed E-state index contributed by atoms with van der Waals surface area (Å²) in [5.41, 5.74) is 4.47. The minimum atomic E-state index is 0.121. The average molecular weight is 455 g/mol. The fraction of sp³-hybridized carbons (Fsp3) is 0.419. The zero-order valence-electron chi connectivity index (χ0n) is 20.4. The Balaban J connectivity index is 1.52. The number of hydrogen-bond donors (Lipinski definition) is 2. The van der Waals surface area contributed by atoms with Gasteiger partial charge in [-0.05, 0) is 86.5 Å². The molecule has 3 aromatic rings. The van der Waals surface area contributed by atoms with Crippen molar-refractivity contribution in [1.29, 1.82) is 0 Å². The van der Waals surface area contributed by atoms with Gasteiger partial charge in [-0.25, -0.2) is 0 Å². The van der Waals surface area contributed by atoms with Crippen LogP contribution >= 0.6 is 0 Å². The summed E-state index contributed by atoms with van der Waals surface area (Å²) in [6, 6.07) is 31.5. The Bertz CT molecular complexity index is 1010. The van der Waals surface area contributed by atoms with Crippen LogP contribution in [0.15, 0.2) is 84.9 Å². The largest absolute Gasteiger partial charge is 0.497 e. The predicted molar refractivity (Wildman–Crippen MR) is 141 cm³/mol. The highest BCUT2D eigenvalue weighted by molar-refractivity contribution is 5.36. The lowest BCUT2D eigenvalue weighted by atomic mass is 9.62. The lowest BCUT2D eigenvalue weighted by molar-refractivity contribution is 0.188. The molecule has 0 bridgehead atoms. The van der Waals surface area contributed by atoms with Crippen molar-refractivity contribution >= 4 is 0 Å². The average Bonchev–Trinajstić information content (AvgIpc) is 3.75. The molecule has 0 amide bonds. The summed E-state index contributed by atoms with van der Waals surface area (Å²) in [6.07, 6.45) is 6.05. The highest BCUT2D eigenvalue weighted by atomic mass is 16.5. The van der Waals surface area contributed by atoms with Crippen LogP contribution in [0.2, 0.25) is 0 Å². The molecule has 0 aromatic heterocycles. The first-order valence-electron chi connectivity index (χ1n) is 13.0. The zero-order chi connectivity index (χ0) is 23.2. The fourth-order valence-electron chi connectivity index (χ4n) is 6.12. The molecule has 1 aliphatic carbocycles. The molecule has 1 saturated carbocycles. The van der Waals surface area contributed by atoms with E-state index >= 15 is 0 Å². The molecule has 34 heavy (non-hydrogen) atoms. The number of nitrogens with one attached hydrogen (secondary N) is 2. The Labute approximate surface area is 204 Å². The minimum absolute atomic E-state index is 0.121. The molecule has 178 valence electrons. The zero-order valence-corrected chi connectivity index (χ0v) is 20.4. The van der Waals surface area contributed by atoms with Gasteiger partial charge >= 0.3 is 0 Å². The van der Waals surface area contributed by atoms with Crippen molar-refractivity contribution in [2.45, 2.75) is 49.5 Å². The molecule has 3 nitrogen and oxygen atoms in total. The third kappa shape index (κ3) is 5.06. The van der Waals surface area contributed by atoms with E-state index < -0.39 is 0 Å². The van der Waals surface area contributed by atoms with Gasteiger partial charge in [0.2, 0.25) is 0 Å². The number of piperidine rings is 1. The number of rotatable bonds is 10. The normalized spacial score (nSPS) is 19.3. The summed E-state index contributed by atoms with van der Waals surface area (Å²) in [6.45, 7) is 3.15. The first-order chi connectivity index (χ1) is 16.8. The summed E-state index contributed by atoms with van der Waals surface area (Å²) < 4.78 is 5.48. The Morgan fingerprint density at radius 2 is 1.53 bits per heavy atom. The molecule has 3 aromatic carbocycles. The summed E-state index contributed by atoms with van der Waals surface area (Å²) in [5, 5.41) is 7.81. The highest BCUT2D eigenvalue weighted by Gasteiger charge is 2.49. The molecule has 2 unspecified atom stereocenters. The van der Waals surface area contributed by atoms with Crippen LogP contribution in [0.3, 0.4) is 0 Å². The van der Waals surface area contributed by atoms with Gasteiger partial charge in [0.25, 0.3) is 0 Å². The third-order valence-corrected chi connectivity index (χ3v) is 8.05. The molecule has 0 spiro atoms. The van der Waals surface area contributed by atoms with E-state index in [1.54, 1.807) is 7.11 Å². The molecule has 0 radical (unpaired) electrons. The van der Waals surface area contributed by atoms with Crippen molar-refractivity contribution in [2.75, 3.05) is 26.7 Å². The standard InChI is InChI=1S/C31H38N2O/c1-34-28-16-14-26(15-17-28)29(25-12-13-25)30(33-21-18-24-8-4-2-5-9-24)31(19-22-32-23-20-31)27-10-6-3-7-11-27/h2-11,14-17,25,29-30,32-33H,12-13,18-23H2,1H3. The number of methoxy groups -OCH3 is 1. The molecule has 5 rings (SSSR count). The maximum absolute atomic E-state index is 5.48. The lowest BCUT2D eigenvalue weighted by Crippen LogP contribution is -2.57. The molecule has 1 heterocycles. The number of benzene rings is 3. The highest BCUT2D eigenvalue weighted by Crippen LogP contribution is 2.51. The Kier molecular flexibility index (Phi) is 7.32. The summed E-state index contributed by atoms with van der Waals surface area (Å²) >= 11 is 0. The second-order valence-corrected chi connectivity index (χ2v) is 10.1. The van der Waals surface area contributed by atoms with Crippen LogP contribution in [0.1, 0.15) is 48.3 Å². The Morgan fingerprint density at radius 1 is 0.882 bits per heavy atom. The van der Waals surface area contributed by atoms with E-state index in [0.717, 1.165) is 37.7 Å². The molecule has 3 heteroatoms. The van der Waals surface area contributed by atoms with Crippen LogP contribution in [0.4, 0.5) is 0 Å². The fourth-order valence-corrected chi connectivity index (χ4v) is 6.12. The molecule has 1 aliphatic heterocycles. The smallest absolute Gasteiger partial charge is 0.118 e. The number of ether oxygens (including phenoxy) is 1. The van der Waals surface area contributed by atoms with Crippen molar-refractivity contribution in [2.24, 2.45) is 5.92 Å². The lowest BCUT2D eigenvalue weighted by Gasteiger charge is -2.48. The van der Waals surface area contributed by atoms with E-state index in [2.05, 4.69) is 95.6 Å². The second kappa shape index (κ2) is 10.8. The first-order valence-corrected chi connectivity index (χ1v) is 13.0. The van der Waals surface area contributed by atoms with Crippen molar-refractivity contribution in [3.8, 4) is 5.75 Å². The van der Waals surface area contributed by atoms with Gasteiger partial charge in [-0.2, -0.15) is 0 Å².